The molecule has 0 unspecified atom stereocenters. The number of rotatable bonds is 5. The fourth-order valence-corrected chi connectivity index (χ4v) is 2.23. The van der Waals surface area contributed by atoms with Crippen molar-refractivity contribution in [3.05, 3.63) is 59.7 Å². The third-order valence-corrected chi connectivity index (χ3v) is 3.33. The molecular formula is C17H22N2. The van der Waals surface area contributed by atoms with Crippen molar-refractivity contribution in [1.29, 1.82) is 0 Å². The van der Waals surface area contributed by atoms with E-state index in [4.69, 9.17) is 5.73 Å². The molecule has 0 aliphatic heterocycles. The highest BCUT2D eigenvalue weighted by atomic mass is 15.1. The van der Waals surface area contributed by atoms with Crippen molar-refractivity contribution in [3.8, 4) is 0 Å². The van der Waals surface area contributed by atoms with E-state index in [1.807, 2.05) is 6.07 Å². The van der Waals surface area contributed by atoms with Crippen LogP contribution in [-0.2, 0) is 6.54 Å². The van der Waals surface area contributed by atoms with Gasteiger partial charge in [-0.2, -0.15) is 0 Å². The molecule has 2 N–H and O–H groups in total. The van der Waals surface area contributed by atoms with E-state index in [-0.39, 0.29) is 0 Å². The fourth-order valence-electron chi connectivity index (χ4n) is 2.23. The minimum absolute atomic E-state index is 0.861. The second-order valence-electron chi connectivity index (χ2n) is 4.95. The summed E-state index contributed by atoms with van der Waals surface area (Å²) >= 11 is 0. The Morgan fingerprint density at radius 3 is 2.42 bits per heavy atom. The Hall–Kier alpha value is -1.96. The molecule has 0 aliphatic carbocycles. The predicted molar refractivity (Wildman–Crippen MR) is 83.4 cm³/mol. The molecule has 0 spiro atoms. The highest BCUT2D eigenvalue weighted by Gasteiger charge is 2.07. The molecular weight excluding hydrogens is 232 g/mol. The molecule has 0 saturated heterocycles. The molecule has 0 heterocycles. The van der Waals surface area contributed by atoms with Crippen LogP contribution < -0.4 is 10.6 Å². The lowest BCUT2D eigenvalue weighted by Crippen LogP contribution is -2.23. The summed E-state index contributed by atoms with van der Waals surface area (Å²) in [6.07, 6.45) is 1.14. The minimum Gasteiger partial charge on any atom is -0.399 e. The van der Waals surface area contributed by atoms with E-state index in [1.54, 1.807) is 0 Å². The van der Waals surface area contributed by atoms with E-state index in [1.165, 1.54) is 11.3 Å². The molecule has 2 aromatic rings. The number of nitrogens with zero attached hydrogens (tertiary/aromatic N) is 1. The zero-order valence-corrected chi connectivity index (χ0v) is 11.8. The van der Waals surface area contributed by atoms with Crippen molar-refractivity contribution >= 4 is 11.4 Å². The molecule has 0 aliphatic rings. The van der Waals surface area contributed by atoms with Crippen molar-refractivity contribution in [2.45, 2.75) is 26.8 Å². The molecule has 0 saturated carbocycles. The van der Waals surface area contributed by atoms with Gasteiger partial charge in [0.15, 0.2) is 0 Å². The summed E-state index contributed by atoms with van der Waals surface area (Å²) in [5.74, 6) is 0. The van der Waals surface area contributed by atoms with Gasteiger partial charge in [0.05, 0.1) is 0 Å². The van der Waals surface area contributed by atoms with Gasteiger partial charge in [-0.25, -0.2) is 0 Å². The van der Waals surface area contributed by atoms with Crippen LogP contribution in [0.1, 0.15) is 24.5 Å². The van der Waals surface area contributed by atoms with E-state index in [0.29, 0.717) is 0 Å². The standard InChI is InChI=1S/C17H22N2/c1-3-11-19(13-15-7-5-4-6-8-15)16-9-10-17(18)14(2)12-16/h4-10,12H,3,11,13,18H2,1-2H3. The number of nitrogens with two attached hydrogens (primary N) is 1. The topological polar surface area (TPSA) is 29.3 Å². The first kappa shape index (κ1) is 13.5. The van der Waals surface area contributed by atoms with E-state index in [9.17, 15) is 0 Å². The van der Waals surface area contributed by atoms with Gasteiger partial charge in [0, 0.05) is 24.5 Å². The van der Waals surface area contributed by atoms with Gasteiger partial charge in [-0.05, 0) is 42.7 Å². The summed E-state index contributed by atoms with van der Waals surface area (Å²) in [6, 6.07) is 16.9. The summed E-state index contributed by atoms with van der Waals surface area (Å²) in [5.41, 5.74) is 10.5. The molecule has 2 nitrogen and oxygen atoms in total. The van der Waals surface area contributed by atoms with Crippen LogP contribution in [0.25, 0.3) is 0 Å². The highest BCUT2D eigenvalue weighted by Crippen LogP contribution is 2.22. The van der Waals surface area contributed by atoms with Crippen LogP contribution in [0.15, 0.2) is 48.5 Å². The van der Waals surface area contributed by atoms with Crippen LogP contribution in [-0.4, -0.2) is 6.54 Å². The molecule has 0 bridgehead atoms. The normalized spacial score (nSPS) is 10.4. The second kappa shape index (κ2) is 6.28. The van der Waals surface area contributed by atoms with Gasteiger partial charge in [-0.3, -0.25) is 0 Å². The molecule has 2 aromatic carbocycles. The smallest absolute Gasteiger partial charge is 0.0429 e. The first-order chi connectivity index (χ1) is 9.20. The van der Waals surface area contributed by atoms with E-state index in [2.05, 4.69) is 61.2 Å². The molecule has 0 aromatic heterocycles. The van der Waals surface area contributed by atoms with Gasteiger partial charge in [0.25, 0.3) is 0 Å². The first-order valence-electron chi connectivity index (χ1n) is 6.85. The van der Waals surface area contributed by atoms with Crippen LogP contribution in [0.4, 0.5) is 11.4 Å². The molecule has 0 amide bonds. The average molecular weight is 254 g/mol. The average Bonchev–Trinajstić information content (AvgIpc) is 2.43. The molecule has 0 atom stereocenters. The molecule has 0 fully saturated rings. The van der Waals surface area contributed by atoms with Gasteiger partial charge in [0.2, 0.25) is 0 Å². The first-order valence-corrected chi connectivity index (χ1v) is 6.85. The van der Waals surface area contributed by atoms with E-state index in [0.717, 1.165) is 30.8 Å². The number of benzene rings is 2. The zero-order valence-electron chi connectivity index (χ0n) is 11.8. The summed E-state index contributed by atoms with van der Waals surface area (Å²) < 4.78 is 0. The van der Waals surface area contributed by atoms with Crippen molar-refractivity contribution in [2.75, 3.05) is 17.2 Å². The monoisotopic (exact) mass is 254 g/mol. The lowest BCUT2D eigenvalue weighted by atomic mass is 10.1. The second-order valence-corrected chi connectivity index (χ2v) is 4.95. The van der Waals surface area contributed by atoms with E-state index < -0.39 is 0 Å². The number of anilines is 2. The summed E-state index contributed by atoms with van der Waals surface area (Å²) in [4.78, 5) is 2.40. The van der Waals surface area contributed by atoms with Crippen LogP contribution in [0.5, 0.6) is 0 Å². The van der Waals surface area contributed by atoms with Gasteiger partial charge in [-0.1, -0.05) is 37.3 Å². The van der Waals surface area contributed by atoms with Gasteiger partial charge < -0.3 is 10.6 Å². The maximum atomic E-state index is 5.90. The highest BCUT2D eigenvalue weighted by molar-refractivity contribution is 5.58. The third-order valence-electron chi connectivity index (χ3n) is 3.33. The molecule has 19 heavy (non-hydrogen) atoms. The Bertz CT molecular complexity index is 520. The summed E-state index contributed by atoms with van der Waals surface area (Å²) in [6.45, 7) is 6.27. The van der Waals surface area contributed by atoms with Gasteiger partial charge in [0.1, 0.15) is 0 Å². The van der Waals surface area contributed by atoms with Gasteiger partial charge in [-0.15, -0.1) is 0 Å². The Kier molecular flexibility index (Phi) is 4.45. The Labute approximate surface area is 115 Å². The maximum Gasteiger partial charge on any atom is 0.0429 e. The predicted octanol–water partition coefficient (Wildman–Crippen LogP) is 3.99. The Morgan fingerprint density at radius 1 is 1.05 bits per heavy atom. The van der Waals surface area contributed by atoms with Gasteiger partial charge >= 0.3 is 0 Å². The van der Waals surface area contributed by atoms with E-state index >= 15 is 0 Å². The van der Waals surface area contributed by atoms with Crippen LogP contribution in [0, 0.1) is 6.92 Å². The maximum absolute atomic E-state index is 5.90. The Morgan fingerprint density at radius 2 is 1.79 bits per heavy atom. The molecule has 0 radical (unpaired) electrons. The fraction of sp³-hybridized carbons (Fsp3) is 0.294. The summed E-state index contributed by atoms with van der Waals surface area (Å²) in [5, 5.41) is 0. The minimum atomic E-state index is 0.861. The van der Waals surface area contributed by atoms with Crippen molar-refractivity contribution in [3.63, 3.8) is 0 Å². The van der Waals surface area contributed by atoms with Crippen molar-refractivity contribution < 1.29 is 0 Å². The largest absolute Gasteiger partial charge is 0.399 e. The van der Waals surface area contributed by atoms with Crippen LogP contribution in [0.2, 0.25) is 0 Å². The SMILES string of the molecule is CCCN(Cc1ccccc1)c1ccc(N)c(C)c1. The number of nitrogen functional groups attached to an aromatic ring is 1. The quantitative estimate of drug-likeness (QED) is 0.817. The van der Waals surface area contributed by atoms with Crippen LogP contribution >= 0.6 is 0 Å². The molecule has 2 rings (SSSR count). The lowest BCUT2D eigenvalue weighted by molar-refractivity contribution is 0.767. The number of hydrogen-bond donors (Lipinski definition) is 1. The molecule has 100 valence electrons. The number of hydrogen-bond acceptors (Lipinski definition) is 2. The molecule has 2 heteroatoms. The lowest BCUT2D eigenvalue weighted by Gasteiger charge is -2.25. The van der Waals surface area contributed by atoms with Crippen LogP contribution in [0.3, 0.4) is 0 Å². The number of aryl methyl sites for hydroxylation is 1. The zero-order chi connectivity index (χ0) is 13.7. The summed E-state index contributed by atoms with van der Waals surface area (Å²) in [7, 11) is 0. The van der Waals surface area contributed by atoms with Crippen molar-refractivity contribution in [1.82, 2.24) is 0 Å². The van der Waals surface area contributed by atoms with Crippen molar-refractivity contribution in [2.24, 2.45) is 0 Å². The Balaban J connectivity index is 2.21. The third kappa shape index (κ3) is 3.50.